The number of halogens is 1. The standard InChI is InChI=1S/C25H29ClN4O5S.H2S/c26-17-5-6-19(30-15-24(16-30)8-2-9-24)20(13-17)35-25(10-11-25)23(32)28-36(33,34)22-4-1-3-21(27-22)29-12-7-18(31)14-29;/h1,3-6,13,18,31H,2,7-12,14-16H2,(H,28,32);1H2/t18-;/m0./s1. The van der Waals surface area contributed by atoms with Gasteiger partial charge >= 0.3 is 0 Å². The Morgan fingerprint density at radius 2 is 1.89 bits per heavy atom. The summed E-state index contributed by atoms with van der Waals surface area (Å²) in [7, 11) is -4.22. The molecule has 1 atom stereocenters. The van der Waals surface area contributed by atoms with Crippen molar-refractivity contribution in [2.45, 2.75) is 55.3 Å². The van der Waals surface area contributed by atoms with Gasteiger partial charge in [0, 0.05) is 55.5 Å². The average Bonchev–Trinajstić information content (AvgIpc) is 3.44. The van der Waals surface area contributed by atoms with Crippen molar-refractivity contribution in [2.75, 3.05) is 36.0 Å². The van der Waals surface area contributed by atoms with E-state index in [4.69, 9.17) is 16.3 Å². The van der Waals surface area contributed by atoms with Gasteiger partial charge in [-0.25, -0.2) is 9.71 Å². The highest BCUT2D eigenvalue weighted by molar-refractivity contribution is 7.90. The molecule has 12 heteroatoms. The monoisotopic (exact) mass is 566 g/mol. The number of carbonyl (C=O) groups excluding carboxylic acids is 1. The minimum absolute atomic E-state index is 0. The number of hydrogen-bond donors (Lipinski definition) is 2. The van der Waals surface area contributed by atoms with Gasteiger partial charge in [-0.3, -0.25) is 4.79 Å². The summed E-state index contributed by atoms with van der Waals surface area (Å²) in [6.07, 6.45) is 4.69. The van der Waals surface area contributed by atoms with E-state index >= 15 is 0 Å². The minimum atomic E-state index is -4.22. The number of nitrogens with zero attached hydrogens (tertiary/aromatic N) is 3. The van der Waals surface area contributed by atoms with Crippen LogP contribution < -0.4 is 19.3 Å². The Kier molecular flexibility index (Phi) is 6.79. The molecule has 2 aromatic rings. The Morgan fingerprint density at radius 3 is 2.51 bits per heavy atom. The van der Waals surface area contributed by atoms with Crippen LogP contribution in [0.3, 0.4) is 0 Å². The third kappa shape index (κ3) is 4.98. The molecule has 2 aliphatic carbocycles. The molecule has 0 unspecified atom stereocenters. The molecule has 1 aromatic heterocycles. The van der Waals surface area contributed by atoms with Crippen LogP contribution in [-0.2, 0) is 14.8 Å². The molecule has 4 fully saturated rings. The number of hydrogen-bond acceptors (Lipinski definition) is 8. The first-order chi connectivity index (χ1) is 17.2. The van der Waals surface area contributed by atoms with Gasteiger partial charge < -0.3 is 19.6 Å². The lowest BCUT2D eigenvalue weighted by atomic mass is 9.63. The Bertz CT molecular complexity index is 1310. The summed E-state index contributed by atoms with van der Waals surface area (Å²) in [5.41, 5.74) is 0.0253. The van der Waals surface area contributed by atoms with E-state index in [9.17, 15) is 18.3 Å². The molecule has 2 N–H and O–H groups in total. The third-order valence-corrected chi connectivity index (χ3v) is 9.32. The zero-order valence-electron chi connectivity index (χ0n) is 20.3. The number of β-amino-alcohol motifs (C(OH)–C–C–N with tert-alkyl or cyclic N) is 1. The van der Waals surface area contributed by atoms with Crippen molar-refractivity contribution in [3.8, 4) is 5.75 Å². The molecule has 3 heterocycles. The first-order valence-electron chi connectivity index (χ1n) is 12.4. The molecule has 6 rings (SSSR count). The second-order valence-corrected chi connectivity index (χ2v) is 12.6. The molecular formula is C25H31ClN4O5S2. The number of ether oxygens (including phenoxy) is 1. The lowest BCUT2D eigenvalue weighted by molar-refractivity contribution is -0.127. The van der Waals surface area contributed by atoms with E-state index in [0.717, 1.165) is 18.8 Å². The van der Waals surface area contributed by atoms with Crippen molar-refractivity contribution < 1.29 is 23.1 Å². The number of aliphatic hydroxyl groups excluding tert-OH is 1. The van der Waals surface area contributed by atoms with Crippen LogP contribution in [0.4, 0.5) is 11.5 Å². The number of pyridine rings is 1. The van der Waals surface area contributed by atoms with E-state index in [1.165, 1.54) is 25.3 Å². The van der Waals surface area contributed by atoms with Gasteiger partial charge in [0.2, 0.25) is 0 Å². The van der Waals surface area contributed by atoms with Crippen LogP contribution in [0.2, 0.25) is 5.02 Å². The molecule has 0 bridgehead atoms. The van der Waals surface area contributed by atoms with Crippen molar-refractivity contribution in [3.05, 3.63) is 41.4 Å². The highest BCUT2D eigenvalue weighted by atomic mass is 35.5. The second kappa shape index (κ2) is 9.52. The highest BCUT2D eigenvalue weighted by Crippen LogP contribution is 2.52. The lowest BCUT2D eigenvalue weighted by Crippen LogP contribution is -2.60. The van der Waals surface area contributed by atoms with Gasteiger partial charge in [-0.1, -0.05) is 24.1 Å². The quantitative estimate of drug-likeness (QED) is 0.526. The largest absolute Gasteiger partial charge is 0.475 e. The molecule has 0 radical (unpaired) electrons. The molecule has 2 saturated carbocycles. The van der Waals surface area contributed by atoms with Gasteiger partial charge in [0.15, 0.2) is 10.6 Å². The summed E-state index contributed by atoms with van der Waals surface area (Å²) in [6.45, 7) is 2.88. The number of nitrogens with one attached hydrogen (secondary N) is 1. The summed E-state index contributed by atoms with van der Waals surface area (Å²) in [6, 6.07) is 10.0. The van der Waals surface area contributed by atoms with E-state index in [-0.39, 0.29) is 18.5 Å². The number of aliphatic hydroxyl groups is 1. The number of sulfonamides is 1. The van der Waals surface area contributed by atoms with Crippen molar-refractivity contribution in [1.29, 1.82) is 0 Å². The van der Waals surface area contributed by atoms with Crippen LogP contribution in [0, 0.1) is 5.41 Å². The van der Waals surface area contributed by atoms with Gasteiger partial charge in [0.1, 0.15) is 11.6 Å². The van der Waals surface area contributed by atoms with Crippen LogP contribution in [0.25, 0.3) is 0 Å². The summed E-state index contributed by atoms with van der Waals surface area (Å²) in [4.78, 5) is 21.5. The SMILES string of the molecule is O=C(NS(=O)(=O)c1cccc(N2CC[C@H](O)C2)n1)C1(Oc2cc(Cl)ccc2N2CC3(CCC3)C2)CC1.S. The maximum absolute atomic E-state index is 13.2. The van der Waals surface area contributed by atoms with Crippen molar-refractivity contribution in [3.63, 3.8) is 0 Å². The van der Waals surface area contributed by atoms with Crippen LogP contribution in [0.1, 0.15) is 38.5 Å². The van der Waals surface area contributed by atoms with Crippen molar-refractivity contribution in [2.24, 2.45) is 5.41 Å². The van der Waals surface area contributed by atoms with E-state index in [1.54, 1.807) is 24.3 Å². The van der Waals surface area contributed by atoms with Gasteiger partial charge in [0.25, 0.3) is 15.9 Å². The minimum Gasteiger partial charge on any atom is -0.475 e. The number of carbonyl (C=O) groups is 1. The van der Waals surface area contributed by atoms with E-state index in [2.05, 4.69) is 14.6 Å². The molecule has 1 spiro atoms. The van der Waals surface area contributed by atoms with Gasteiger partial charge in [0.05, 0.1) is 11.8 Å². The summed E-state index contributed by atoms with van der Waals surface area (Å²) in [5, 5.41) is 10.0. The van der Waals surface area contributed by atoms with Crippen LogP contribution in [-0.4, -0.2) is 62.3 Å². The van der Waals surface area contributed by atoms with E-state index in [0.29, 0.717) is 54.4 Å². The Hall–Kier alpha value is -2.21. The molecule has 1 aromatic carbocycles. The zero-order chi connectivity index (χ0) is 25.1. The van der Waals surface area contributed by atoms with E-state index in [1.807, 2.05) is 11.0 Å². The number of aromatic nitrogens is 1. The zero-order valence-corrected chi connectivity index (χ0v) is 22.9. The van der Waals surface area contributed by atoms with Crippen molar-refractivity contribution in [1.82, 2.24) is 9.71 Å². The summed E-state index contributed by atoms with van der Waals surface area (Å²) in [5.74, 6) is 0.229. The van der Waals surface area contributed by atoms with Crippen LogP contribution in [0.5, 0.6) is 5.75 Å². The number of benzene rings is 1. The van der Waals surface area contributed by atoms with Gasteiger partial charge in [-0.05, 0) is 43.5 Å². The van der Waals surface area contributed by atoms with E-state index < -0.39 is 27.6 Å². The summed E-state index contributed by atoms with van der Waals surface area (Å²) >= 11 is 6.25. The topological polar surface area (TPSA) is 112 Å². The smallest absolute Gasteiger partial charge is 0.281 e. The Morgan fingerprint density at radius 1 is 1.14 bits per heavy atom. The van der Waals surface area contributed by atoms with Crippen LogP contribution >= 0.6 is 25.1 Å². The van der Waals surface area contributed by atoms with Crippen molar-refractivity contribution >= 4 is 52.5 Å². The Balaban J connectivity index is 0.00000280. The highest BCUT2D eigenvalue weighted by Gasteiger charge is 2.55. The number of rotatable bonds is 7. The predicted octanol–water partition coefficient (Wildman–Crippen LogP) is 2.83. The van der Waals surface area contributed by atoms with Gasteiger partial charge in [-0.2, -0.15) is 21.9 Å². The average molecular weight is 567 g/mol. The lowest BCUT2D eigenvalue weighted by Gasteiger charge is -2.57. The second-order valence-electron chi connectivity index (χ2n) is 10.6. The molecule has 1 amide bonds. The number of amides is 1. The maximum Gasteiger partial charge on any atom is 0.281 e. The van der Waals surface area contributed by atoms with Crippen LogP contribution in [0.15, 0.2) is 41.4 Å². The molecular weight excluding hydrogens is 536 g/mol. The molecule has 2 aliphatic heterocycles. The fourth-order valence-corrected chi connectivity index (χ4v) is 6.57. The first-order valence-corrected chi connectivity index (χ1v) is 14.2. The fraction of sp³-hybridized carbons (Fsp3) is 0.520. The fourth-order valence-electron chi connectivity index (χ4n) is 5.40. The Labute approximate surface area is 228 Å². The third-order valence-electron chi connectivity index (χ3n) is 7.85. The number of anilines is 2. The summed E-state index contributed by atoms with van der Waals surface area (Å²) < 4.78 is 34.5. The molecule has 37 heavy (non-hydrogen) atoms. The normalized spacial score (nSPS) is 23.0. The van der Waals surface area contributed by atoms with Gasteiger partial charge in [-0.15, -0.1) is 0 Å². The molecule has 9 nitrogen and oxygen atoms in total. The first kappa shape index (κ1) is 26.4. The molecule has 2 saturated heterocycles. The maximum atomic E-state index is 13.2. The molecule has 4 aliphatic rings. The predicted molar refractivity (Wildman–Crippen MR) is 145 cm³/mol. The molecule has 200 valence electrons.